The summed E-state index contributed by atoms with van der Waals surface area (Å²) >= 11 is 0. The molecular formula is C19H23N3O2. The maximum Gasteiger partial charge on any atom is 0.251 e. The highest BCUT2D eigenvalue weighted by molar-refractivity contribution is 5.81. The van der Waals surface area contributed by atoms with Crippen LogP contribution >= 0.6 is 0 Å². The van der Waals surface area contributed by atoms with Gasteiger partial charge in [0.05, 0.1) is 5.69 Å². The van der Waals surface area contributed by atoms with Crippen LogP contribution in [0.25, 0.3) is 11.3 Å². The molecule has 0 saturated carbocycles. The van der Waals surface area contributed by atoms with Gasteiger partial charge in [0.2, 0.25) is 0 Å². The van der Waals surface area contributed by atoms with Gasteiger partial charge in [0, 0.05) is 50.0 Å². The highest BCUT2D eigenvalue weighted by Crippen LogP contribution is 2.28. The van der Waals surface area contributed by atoms with E-state index < -0.39 is 0 Å². The summed E-state index contributed by atoms with van der Waals surface area (Å²) in [6, 6.07) is 10.3. The number of amides is 1. The Labute approximate surface area is 142 Å². The quantitative estimate of drug-likeness (QED) is 0.850. The molecule has 1 aromatic heterocycles. The Balaban J connectivity index is 1.58. The van der Waals surface area contributed by atoms with Gasteiger partial charge in [0.15, 0.2) is 0 Å². The van der Waals surface area contributed by atoms with Crippen molar-refractivity contribution >= 4 is 5.91 Å². The average molecular weight is 325 g/mol. The number of fused-ring (bicyclic) bond motifs is 1. The summed E-state index contributed by atoms with van der Waals surface area (Å²) in [4.78, 5) is 14.6. The maximum atomic E-state index is 12.6. The molecular weight excluding hydrogens is 302 g/mol. The fraction of sp³-hybridized carbons (Fsp3) is 0.474. The van der Waals surface area contributed by atoms with E-state index in [2.05, 4.69) is 12.1 Å². The first-order valence-corrected chi connectivity index (χ1v) is 8.74. The molecule has 5 heteroatoms. The largest absolute Gasteiger partial charge is 0.368 e. The first kappa shape index (κ1) is 15.4. The molecule has 0 aliphatic carbocycles. The van der Waals surface area contributed by atoms with Crippen LogP contribution in [0.2, 0.25) is 0 Å². The zero-order valence-corrected chi connectivity index (χ0v) is 14.1. The zero-order valence-electron chi connectivity index (χ0n) is 14.1. The van der Waals surface area contributed by atoms with Crippen LogP contribution in [0.5, 0.6) is 0 Å². The van der Waals surface area contributed by atoms with E-state index >= 15 is 0 Å². The second-order valence-corrected chi connectivity index (χ2v) is 6.59. The third-order valence-electron chi connectivity index (χ3n) is 5.09. The van der Waals surface area contributed by atoms with E-state index in [9.17, 15) is 4.79 Å². The fourth-order valence-electron chi connectivity index (χ4n) is 3.80. The maximum absolute atomic E-state index is 12.6. The van der Waals surface area contributed by atoms with Crippen molar-refractivity contribution in [2.75, 3.05) is 19.7 Å². The van der Waals surface area contributed by atoms with E-state index in [-0.39, 0.29) is 12.0 Å². The third kappa shape index (κ3) is 2.73. The second kappa shape index (κ2) is 6.40. The molecule has 0 spiro atoms. The molecule has 0 radical (unpaired) electrons. The Kier molecular flexibility index (Phi) is 4.10. The molecule has 2 aliphatic rings. The number of carbonyl (C=O) groups is 1. The average Bonchev–Trinajstić information content (AvgIpc) is 3.18. The highest BCUT2D eigenvalue weighted by atomic mass is 16.5. The van der Waals surface area contributed by atoms with Gasteiger partial charge in [0.1, 0.15) is 6.10 Å². The van der Waals surface area contributed by atoms with Crippen molar-refractivity contribution in [3.05, 3.63) is 41.6 Å². The lowest BCUT2D eigenvalue weighted by atomic mass is 10.0. The van der Waals surface area contributed by atoms with Crippen LogP contribution in [-0.4, -0.2) is 46.4 Å². The van der Waals surface area contributed by atoms with Crippen LogP contribution in [0.4, 0.5) is 0 Å². The molecule has 5 nitrogen and oxygen atoms in total. The number of hydrogen-bond donors (Lipinski definition) is 0. The zero-order chi connectivity index (χ0) is 16.5. The summed E-state index contributed by atoms with van der Waals surface area (Å²) in [5.74, 6) is 0.162. The van der Waals surface area contributed by atoms with Crippen molar-refractivity contribution in [1.29, 1.82) is 0 Å². The van der Waals surface area contributed by atoms with Crippen LogP contribution in [0.15, 0.2) is 30.3 Å². The first-order chi connectivity index (χ1) is 11.7. The molecule has 1 saturated heterocycles. The molecule has 1 amide bonds. The van der Waals surface area contributed by atoms with Crippen molar-refractivity contribution < 1.29 is 9.53 Å². The van der Waals surface area contributed by atoms with E-state index in [1.54, 1.807) is 0 Å². The monoisotopic (exact) mass is 325 g/mol. The number of aromatic nitrogens is 2. The molecule has 3 heterocycles. The minimum atomic E-state index is -0.224. The first-order valence-electron chi connectivity index (χ1n) is 8.74. The summed E-state index contributed by atoms with van der Waals surface area (Å²) in [5.41, 5.74) is 4.73. The Bertz CT molecular complexity index is 733. The summed E-state index contributed by atoms with van der Waals surface area (Å²) in [5, 5.41) is 4.74. The number of ether oxygens (including phenoxy) is 1. The Morgan fingerprint density at radius 2 is 2.00 bits per heavy atom. The fourth-order valence-corrected chi connectivity index (χ4v) is 3.80. The van der Waals surface area contributed by atoms with E-state index in [1.165, 1.54) is 11.3 Å². The van der Waals surface area contributed by atoms with Crippen molar-refractivity contribution in [3.63, 3.8) is 0 Å². The Morgan fingerprint density at radius 3 is 2.75 bits per heavy atom. The lowest BCUT2D eigenvalue weighted by molar-refractivity contribution is -0.140. The SMILES string of the molecule is Cn1nc(-c2ccccc2)c2c1CCN(C(=O)C1CCCO1)CC2. The van der Waals surface area contributed by atoms with Crippen LogP contribution in [-0.2, 0) is 29.4 Å². The van der Waals surface area contributed by atoms with Gasteiger partial charge in [-0.15, -0.1) is 0 Å². The van der Waals surface area contributed by atoms with Gasteiger partial charge < -0.3 is 9.64 Å². The standard InChI is InChI=1S/C19H23N3O2/c1-21-16-10-12-22(19(23)17-8-5-13-24-17)11-9-15(16)18(20-21)14-6-3-2-4-7-14/h2-4,6-7,17H,5,8-13H2,1H3. The summed E-state index contributed by atoms with van der Waals surface area (Å²) in [6.45, 7) is 2.21. The molecule has 4 rings (SSSR count). The van der Waals surface area contributed by atoms with E-state index in [4.69, 9.17) is 9.84 Å². The number of hydrogen-bond acceptors (Lipinski definition) is 3. The Morgan fingerprint density at radius 1 is 1.21 bits per heavy atom. The summed E-state index contributed by atoms with van der Waals surface area (Å²) in [6.07, 6.45) is 3.33. The van der Waals surface area contributed by atoms with Crippen molar-refractivity contribution in [2.24, 2.45) is 7.05 Å². The van der Waals surface area contributed by atoms with Gasteiger partial charge in [-0.2, -0.15) is 5.10 Å². The third-order valence-corrected chi connectivity index (χ3v) is 5.09. The van der Waals surface area contributed by atoms with Crippen LogP contribution in [0, 0.1) is 0 Å². The molecule has 1 unspecified atom stereocenters. The van der Waals surface area contributed by atoms with Gasteiger partial charge >= 0.3 is 0 Å². The van der Waals surface area contributed by atoms with Gasteiger partial charge in [-0.25, -0.2) is 0 Å². The molecule has 1 aromatic carbocycles. The minimum Gasteiger partial charge on any atom is -0.368 e. The van der Waals surface area contributed by atoms with Crippen LogP contribution in [0.1, 0.15) is 24.1 Å². The number of rotatable bonds is 2. The lowest BCUT2D eigenvalue weighted by Gasteiger charge is -2.23. The van der Waals surface area contributed by atoms with Crippen molar-refractivity contribution in [1.82, 2.24) is 14.7 Å². The molecule has 1 atom stereocenters. The highest BCUT2D eigenvalue weighted by Gasteiger charge is 2.30. The predicted molar refractivity (Wildman–Crippen MR) is 91.6 cm³/mol. The molecule has 24 heavy (non-hydrogen) atoms. The van der Waals surface area contributed by atoms with Gasteiger partial charge in [-0.1, -0.05) is 30.3 Å². The van der Waals surface area contributed by atoms with Crippen LogP contribution < -0.4 is 0 Å². The number of carbonyl (C=O) groups excluding carboxylic acids is 1. The normalized spacial score (nSPS) is 20.7. The van der Waals surface area contributed by atoms with Gasteiger partial charge in [0.25, 0.3) is 5.91 Å². The topological polar surface area (TPSA) is 47.4 Å². The lowest BCUT2D eigenvalue weighted by Crippen LogP contribution is -2.40. The smallest absolute Gasteiger partial charge is 0.251 e. The number of nitrogens with zero attached hydrogens (tertiary/aromatic N) is 3. The van der Waals surface area contributed by atoms with E-state index in [0.29, 0.717) is 6.61 Å². The molecule has 1 fully saturated rings. The molecule has 126 valence electrons. The molecule has 2 aromatic rings. The van der Waals surface area contributed by atoms with E-state index in [0.717, 1.165) is 50.0 Å². The Hall–Kier alpha value is -2.14. The van der Waals surface area contributed by atoms with Crippen LogP contribution in [0.3, 0.4) is 0 Å². The predicted octanol–water partition coefficient (Wildman–Crippen LogP) is 2.19. The summed E-state index contributed by atoms with van der Waals surface area (Å²) in [7, 11) is 2.00. The van der Waals surface area contributed by atoms with Gasteiger partial charge in [-0.05, 0) is 19.3 Å². The number of aryl methyl sites for hydroxylation is 1. The van der Waals surface area contributed by atoms with Crippen molar-refractivity contribution in [2.45, 2.75) is 31.8 Å². The molecule has 0 bridgehead atoms. The number of benzene rings is 1. The minimum absolute atomic E-state index is 0.162. The van der Waals surface area contributed by atoms with Gasteiger partial charge in [-0.3, -0.25) is 9.48 Å². The summed E-state index contributed by atoms with van der Waals surface area (Å²) < 4.78 is 7.56. The van der Waals surface area contributed by atoms with E-state index in [1.807, 2.05) is 34.8 Å². The second-order valence-electron chi connectivity index (χ2n) is 6.59. The molecule has 0 N–H and O–H groups in total. The molecule has 2 aliphatic heterocycles. The van der Waals surface area contributed by atoms with Crippen molar-refractivity contribution in [3.8, 4) is 11.3 Å².